The van der Waals surface area contributed by atoms with Crippen LogP contribution in [-0.4, -0.2) is 67.8 Å². The molecule has 0 saturated carbocycles. The molecule has 4 aromatic heterocycles. The summed E-state index contributed by atoms with van der Waals surface area (Å²) in [4.78, 5) is 27.0. The third-order valence-corrected chi connectivity index (χ3v) is 6.71. The molecule has 39 heavy (non-hydrogen) atoms. The SMILES string of the molecule is COc1ncc(-c2cc(C(F)(F)F)c3c(N)ncnn23)cc1C(=O)NC1CN(Cc2cncc(Br)c2)CC1F. The van der Waals surface area contributed by atoms with E-state index in [4.69, 9.17) is 10.5 Å². The molecule has 15 heteroatoms. The van der Waals surface area contributed by atoms with Gasteiger partial charge in [-0.3, -0.25) is 14.7 Å². The van der Waals surface area contributed by atoms with E-state index >= 15 is 0 Å². The van der Waals surface area contributed by atoms with Crippen molar-refractivity contribution in [3.8, 4) is 17.1 Å². The topological polar surface area (TPSA) is 124 Å². The number of hydrogen-bond acceptors (Lipinski definition) is 8. The summed E-state index contributed by atoms with van der Waals surface area (Å²) >= 11 is 3.36. The lowest BCUT2D eigenvalue weighted by molar-refractivity contribution is -0.136. The Bertz CT molecular complexity index is 1550. The number of alkyl halides is 4. The fourth-order valence-corrected chi connectivity index (χ4v) is 4.97. The van der Waals surface area contributed by atoms with Crippen LogP contribution in [0.25, 0.3) is 16.8 Å². The largest absolute Gasteiger partial charge is 0.480 e. The summed E-state index contributed by atoms with van der Waals surface area (Å²) < 4.78 is 63.1. The van der Waals surface area contributed by atoms with Gasteiger partial charge in [-0.15, -0.1) is 0 Å². The zero-order valence-electron chi connectivity index (χ0n) is 20.3. The Morgan fingerprint density at radius 3 is 2.72 bits per heavy atom. The van der Waals surface area contributed by atoms with E-state index in [1.54, 1.807) is 12.4 Å². The lowest BCUT2D eigenvalue weighted by Gasteiger charge is -2.17. The highest BCUT2D eigenvalue weighted by molar-refractivity contribution is 9.10. The number of nitrogens with one attached hydrogen (secondary N) is 1. The summed E-state index contributed by atoms with van der Waals surface area (Å²) in [7, 11) is 1.29. The minimum atomic E-state index is -4.74. The molecule has 3 N–H and O–H groups in total. The van der Waals surface area contributed by atoms with E-state index in [2.05, 4.69) is 41.3 Å². The number of aromatic nitrogens is 5. The molecular weight excluding hydrogens is 588 g/mol. The molecule has 1 amide bonds. The van der Waals surface area contributed by atoms with Crippen LogP contribution in [0.2, 0.25) is 0 Å². The van der Waals surface area contributed by atoms with Crippen molar-refractivity contribution in [2.24, 2.45) is 0 Å². The molecule has 2 unspecified atom stereocenters. The number of carbonyl (C=O) groups excluding carboxylic acids is 1. The molecule has 0 bridgehead atoms. The Morgan fingerprint density at radius 2 is 2.00 bits per heavy atom. The highest BCUT2D eigenvalue weighted by atomic mass is 79.9. The van der Waals surface area contributed by atoms with Crippen LogP contribution < -0.4 is 15.8 Å². The van der Waals surface area contributed by atoms with Gasteiger partial charge in [0.05, 0.1) is 24.4 Å². The summed E-state index contributed by atoms with van der Waals surface area (Å²) in [5.41, 5.74) is 5.18. The van der Waals surface area contributed by atoms with Crippen LogP contribution in [-0.2, 0) is 12.7 Å². The van der Waals surface area contributed by atoms with Crippen molar-refractivity contribution in [3.05, 3.63) is 64.3 Å². The second-order valence-electron chi connectivity index (χ2n) is 8.93. The van der Waals surface area contributed by atoms with E-state index in [1.807, 2.05) is 11.0 Å². The lowest BCUT2D eigenvalue weighted by atomic mass is 10.1. The maximum Gasteiger partial charge on any atom is 0.418 e. The van der Waals surface area contributed by atoms with Gasteiger partial charge in [0, 0.05) is 48.3 Å². The van der Waals surface area contributed by atoms with Crippen LogP contribution in [0.3, 0.4) is 0 Å². The van der Waals surface area contributed by atoms with Gasteiger partial charge in [-0.2, -0.15) is 18.3 Å². The van der Waals surface area contributed by atoms with Crippen LogP contribution in [0.5, 0.6) is 5.88 Å². The first-order valence-electron chi connectivity index (χ1n) is 11.6. The zero-order chi connectivity index (χ0) is 27.9. The number of hydrogen-bond donors (Lipinski definition) is 2. The number of nitrogens with two attached hydrogens (primary N) is 1. The monoisotopic (exact) mass is 608 g/mol. The fraction of sp³-hybridized carbons (Fsp3) is 0.292. The number of pyridine rings is 2. The van der Waals surface area contributed by atoms with E-state index < -0.39 is 35.4 Å². The van der Waals surface area contributed by atoms with Gasteiger partial charge in [0.1, 0.15) is 23.6 Å². The van der Waals surface area contributed by atoms with Gasteiger partial charge in [-0.1, -0.05) is 0 Å². The number of likely N-dealkylation sites (tertiary alicyclic amines) is 1. The third kappa shape index (κ3) is 5.36. The van der Waals surface area contributed by atoms with Crippen LogP contribution in [0.4, 0.5) is 23.4 Å². The second kappa shape index (κ2) is 10.4. The molecular formula is C24H21BrF4N8O2. The van der Waals surface area contributed by atoms with Crippen molar-refractivity contribution in [1.29, 1.82) is 0 Å². The molecule has 0 aliphatic carbocycles. The van der Waals surface area contributed by atoms with E-state index in [1.165, 1.54) is 19.4 Å². The molecule has 4 aromatic rings. The molecule has 0 aromatic carbocycles. The predicted octanol–water partition coefficient (Wildman–Crippen LogP) is 3.51. The number of amides is 1. The average Bonchev–Trinajstić information content (AvgIpc) is 3.44. The van der Waals surface area contributed by atoms with Crippen molar-refractivity contribution < 1.29 is 27.1 Å². The standard InChI is InChI=1S/C24H21BrF4N8O2/c1-39-23-15(22(38)35-18-10-36(9-17(18)26)8-12-2-14(25)7-31-5-12)3-13(6-32-23)19-4-16(24(27,28)29)20-21(30)33-11-34-37(19)20/h2-7,11,17-18H,8-10H2,1H3,(H,35,38)(H2,30,33,34). The van der Waals surface area contributed by atoms with Gasteiger partial charge in [0.2, 0.25) is 5.88 Å². The zero-order valence-corrected chi connectivity index (χ0v) is 21.9. The number of nitrogens with zero attached hydrogens (tertiary/aromatic N) is 6. The first-order valence-corrected chi connectivity index (χ1v) is 12.3. The summed E-state index contributed by atoms with van der Waals surface area (Å²) in [6.45, 7) is 0.779. The summed E-state index contributed by atoms with van der Waals surface area (Å²) in [6.07, 6.45) is -0.490. The fourth-order valence-electron chi connectivity index (χ4n) is 4.56. The molecule has 10 nitrogen and oxygen atoms in total. The molecule has 1 aliphatic rings. The Kier molecular flexibility index (Phi) is 7.11. The molecule has 2 atom stereocenters. The number of nitrogen functional groups attached to an aromatic ring is 1. The lowest BCUT2D eigenvalue weighted by Crippen LogP contribution is -2.41. The molecule has 0 spiro atoms. The van der Waals surface area contributed by atoms with Gasteiger partial charge in [-0.25, -0.2) is 18.9 Å². The highest BCUT2D eigenvalue weighted by Gasteiger charge is 2.37. The average molecular weight is 609 g/mol. The van der Waals surface area contributed by atoms with Gasteiger partial charge in [0.15, 0.2) is 5.82 Å². The molecule has 1 saturated heterocycles. The first kappa shape index (κ1) is 26.7. The molecule has 5 rings (SSSR count). The Labute approximate surface area is 227 Å². The summed E-state index contributed by atoms with van der Waals surface area (Å²) in [5, 5.41) is 6.58. The van der Waals surface area contributed by atoms with Gasteiger partial charge < -0.3 is 15.8 Å². The molecule has 1 aliphatic heterocycles. The highest BCUT2D eigenvalue weighted by Crippen LogP contribution is 2.39. The van der Waals surface area contributed by atoms with E-state index in [-0.39, 0.29) is 41.6 Å². The van der Waals surface area contributed by atoms with Crippen LogP contribution in [0, 0.1) is 0 Å². The normalized spacial score (nSPS) is 18.0. The maximum absolute atomic E-state index is 14.9. The Balaban J connectivity index is 1.42. The van der Waals surface area contributed by atoms with Crippen LogP contribution >= 0.6 is 15.9 Å². The predicted molar refractivity (Wildman–Crippen MR) is 136 cm³/mol. The number of anilines is 1. The van der Waals surface area contributed by atoms with Crippen molar-refractivity contribution in [2.45, 2.75) is 24.9 Å². The van der Waals surface area contributed by atoms with Crippen molar-refractivity contribution >= 4 is 33.2 Å². The molecule has 0 radical (unpaired) electrons. The number of methoxy groups -OCH3 is 1. The third-order valence-electron chi connectivity index (χ3n) is 6.28. The number of fused-ring (bicyclic) bond motifs is 1. The van der Waals surface area contributed by atoms with Crippen LogP contribution in [0.1, 0.15) is 21.5 Å². The van der Waals surface area contributed by atoms with Crippen molar-refractivity contribution in [3.63, 3.8) is 0 Å². The van der Waals surface area contributed by atoms with E-state index in [0.717, 1.165) is 26.9 Å². The van der Waals surface area contributed by atoms with Gasteiger partial charge in [0.25, 0.3) is 5.91 Å². The summed E-state index contributed by atoms with van der Waals surface area (Å²) in [5.74, 6) is -1.12. The van der Waals surface area contributed by atoms with Crippen molar-refractivity contribution in [2.75, 3.05) is 25.9 Å². The molecule has 5 heterocycles. The Morgan fingerprint density at radius 1 is 1.21 bits per heavy atom. The number of halogens is 5. The second-order valence-corrected chi connectivity index (χ2v) is 9.84. The quantitative estimate of drug-likeness (QED) is 0.319. The smallest absolute Gasteiger partial charge is 0.418 e. The Hall–Kier alpha value is -3.85. The van der Waals surface area contributed by atoms with E-state index in [0.29, 0.717) is 6.54 Å². The summed E-state index contributed by atoms with van der Waals surface area (Å²) in [6, 6.07) is 3.22. The maximum atomic E-state index is 14.9. The number of rotatable bonds is 6. The number of ether oxygens (including phenoxy) is 1. The van der Waals surface area contributed by atoms with Crippen molar-refractivity contribution in [1.82, 2.24) is 34.8 Å². The minimum absolute atomic E-state index is 0.0198. The van der Waals surface area contributed by atoms with E-state index in [9.17, 15) is 22.4 Å². The first-order chi connectivity index (χ1) is 18.5. The van der Waals surface area contributed by atoms with Crippen LogP contribution in [0.15, 0.2) is 47.6 Å². The molecule has 1 fully saturated rings. The molecule has 204 valence electrons. The minimum Gasteiger partial charge on any atom is -0.480 e. The van der Waals surface area contributed by atoms with Gasteiger partial charge in [-0.05, 0) is 39.7 Å². The number of carbonyl (C=O) groups is 1. The van der Waals surface area contributed by atoms with Gasteiger partial charge >= 0.3 is 6.18 Å².